The molecule has 0 unspecified atom stereocenters. The molecule has 0 aliphatic carbocycles. The molecule has 0 bridgehead atoms. The molecule has 0 atom stereocenters. The lowest BCUT2D eigenvalue weighted by atomic mass is 10.2. The molecule has 0 heterocycles. The number of nitrogens with zero attached hydrogens (tertiary/aromatic N) is 2. The fraction of sp³-hybridized carbons (Fsp3) is 0.273. The lowest BCUT2D eigenvalue weighted by molar-refractivity contribution is -0.121. The van der Waals surface area contributed by atoms with Crippen LogP contribution in [0.1, 0.15) is 29.3 Å². The Kier molecular flexibility index (Phi) is 8.44. The molecule has 0 fully saturated rings. The second-order valence-electron chi connectivity index (χ2n) is 6.35. The maximum atomic E-state index is 12.7. The highest BCUT2D eigenvalue weighted by atomic mass is 32.2. The molecule has 0 aliphatic heterocycles. The molecule has 0 aromatic heterocycles. The van der Waals surface area contributed by atoms with E-state index in [1.54, 1.807) is 36.4 Å². The number of amides is 1. The summed E-state index contributed by atoms with van der Waals surface area (Å²) in [6.45, 7) is 3.19. The van der Waals surface area contributed by atoms with Gasteiger partial charge in [-0.15, -0.1) is 11.8 Å². The summed E-state index contributed by atoms with van der Waals surface area (Å²) in [6, 6.07) is 16.1. The third-order valence-electron chi connectivity index (χ3n) is 3.96. The number of anilines is 1. The Hall–Kier alpha value is -3.11. The molecule has 2 rings (SSSR count). The molecule has 29 heavy (non-hydrogen) atoms. The van der Waals surface area contributed by atoms with Crippen molar-refractivity contribution in [3.05, 3.63) is 59.7 Å². The zero-order chi connectivity index (χ0) is 21.2. The second kappa shape index (κ2) is 11.0. The first-order valence-electron chi connectivity index (χ1n) is 9.04. The summed E-state index contributed by atoms with van der Waals surface area (Å²) in [4.78, 5) is 38.4. The van der Waals surface area contributed by atoms with Gasteiger partial charge >= 0.3 is 5.97 Å². The molecule has 0 spiro atoms. The molecule has 0 saturated carbocycles. The van der Waals surface area contributed by atoms with Crippen molar-refractivity contribution >= 4 is 35.1 Å². The number of ether oxygens (including phenoxy) is 1. The van der Waals surface area contributed by atoms with Crippen molar-refractivity contribution in [1.29, 1.82) is 5.26 Å². The van der Waals surface area contributed by atoms with Crippen molar-refractivity contribution in [2.24, 2.45) is 0 Å². The molecule has 150 valence electrons. The van der Waals surface area contributed by atoms with Gasteiger partial charge in [0.15, 0.2) is 6.61 Å². The van der Waals surface area contributed by atoms with Crippen LogP contribution in [0, 0.1) is 18.3 Å². The number of nitriles is 1. The van der Waals surface area contributed by atoms with E-state index in [4.69, 9.17) is 10.00 Å². The number of carbonyl (C=O) groups is 3. The Labute approximate surface area is 174 Å². The van der Waals surface area contributed by atoms with Crippen molar-refractivity contribution < 1.29 is 19.1 Å². The van der Waals surface area contributed by atoms with Crippen LogP contribution in [0.4, 0.5) is 5.69 Å². The number of rotatable bonds is 9. The van der Waals surface area contributed by atoms with E-state index in [1.807, 2.05) is 25.1 Å². The predicted molar refractivity (Wildman–Crippen MR) is 112 cm³/mol. The van der Waals surface area contributed by atoms with Gasteiger partial charge in [-0.3, -0.25) is 9.59 Å². The molecule has 2 aromatic rings. The largest absolute Gasteiger partial charge is 0.452 e. The summed E-state index contributed by atoms with van der Waals surface area (Å²) in [7, 11) is 0. The van der Waals surface area contributed by atoms with E-state index >= 15 is 0 Å². The maximum Gasteiger partial charge on any atom is 0.339 e. The molecular formula is C22H22N2O4S. The van der Waals surface area contributed by atoms with Gasteiger partial charge in [-0.1, -0.05) is 29.8 Å². The number of ketones is 1. The van der Waals surface area contributed by atoms with Gasteiger partial charge in [0, 0.05) is 17.1 Å². The average molecular weight is 410 g/mol. The van der Waals surface area contributed by atoms with E-state index in [0.29, 0.717) is 16.1 Å². The third kappa shape index (κ3) is 6.77. The van der Waals surface area contributed by atoms with Crippen LogP contribution in [0.2, 0.25) is 0 Å². The minimum absolute atomic E-state index is 0.000388. The van der Waals surface area contributed by atoms with Crippen LogP contribution in [-0.4, -0.2) is 36.6 Å². The number of Topliss-reactive ketones (excluding diaryl/α,β-unsaturated/α-hetero) is 1. The van der Waals surface area contributed by atoms with E-state index in [1.165, 1.54) is 23.6 Å². The number of hydrogen-bond acceptors (Lipinski definition) is 6. The van der Waals surface area contributed by atoms with Crippen molar-refractivity contribution in [2.75, 3.05) is 23.8 Å². The highest BCUT2D eigenvalue weighted by Crippen LogP contribution is 2.23. The molecule has 2 aromatic carbocycles. The van der Waals surface area contributed by atoms with Crippen molar-refractivity contribution in [1.82, 2.24) is 0 Å². The zero-order valence-electron chi connectivity index (χ0n) is 16.4. The lowest BCUT2D eigenvalue weighted by Crippen LogP contribution is -2.35. The maximum absolute atomic E-state index is 12.7. The van der Waals surface area contributed by atoms with Crippen molar-refractivity contribution in [3.63, 3.8) is 0 Å². The third-order valence-corrected chi connectivity index (χ3v) is 5.18. The average Bonchev–Trinajstić information content (AvgIpc) is 2.72. The second-order valence-corrected chi connectivity index (χ2v) is 7.37. The van der Waals surface area contributed by atoms with Crippen LogP contribution >= 0.6 is 11.8 Å². The number of esters is 1. The van der Waals surface area contributed by atoms with Crippen LogP contribution in [-0.2, 0) is 14.3 Å². The monoisotopic (exact) mass is 410 g/mol. The molecule has 0 radical (unpaired) electrons. The van der Waals surface area contributed by atoms with Crippen molar-refractivity contribution in [3.8, 4) is 6.07 Å². The minimum atomic E-state index is -0.630. The highest BCUT2D eigenvalue weighted by molar-refractivity contribution is 8.00. The fourth-order valence-corrected chi connectivity index (χ4v) is 3.35. The lowest BCUT2D eigenvalue weighted by Gasteiger charge is -2.22. The quantitative estimate of drug-likeness (QED) is 0.462. The summed E-state index contributed by atoms with van der Waals surface area (Å²) < 4.78 is 5.23. The molecule has 0 aliphatic rings. The van der Waals surface area contributed by atoms with Gasteiger partial charge in [0.2, 0.25) is 0 Å². The highest BCUT2D eigenvalue weighted by Gasteiger charge is 2.19. The minimum Gasteiger partial charge on any atom is -0.452 e. The standard InChI is InChI=1S/C22H22N2O4S/c1-16-8-10-18(11-9-16)24(13-5-12-23)21(26)14-28-22(27)19-6-3-4-7-20(19)29-15-17(2)25/h3-4,6-11H,5,13-15H2,1-2H3. The summed E-state index contributed by atoms with van der Waals surface area (Å²) >= 11 is 1.25. The predicted octanol–water partition coefficient (Wildman–Crippen LogP) is 3.78. The molecule has 0 saturated heterocycles. The van der Waals surface area contributed by atoms with Gasteiger partial charge in [0.05, 0.1) is 23.8 Å². The number of thioether (sulfide) groups is 1. The van der Waals surface area contributed by atoms with E-state index in [-0.39, 0.29) is 24.5 Å². The first kappa shape index (κ1) is 22.2. The van der Waals surface area contributed by atoms with Gasteiger partial charge in [0.25, 0.3) is 5.91 Å². The Morgan fingerprint density at radius 3 is 2.45 bits per heavy atom. The van der Waals surface area contributed by atoms with E-state index in [2.05, 4.69) is 0 Å². The molecule has 7 heteroatoms. The molecule has 0 N–H and O–H groups in total. The first-order chi connectivity index (χ1) is 13.9. The van der Waals surface area contributed by atoms with Gasteiger partial charge in [-0.25, -0.2) is 4.79 Å². The summed E-state index contributed by atoms with van der Waals surface area (Å²) in [5.74, 6) is -0.793. The Morgan fingerprint density at radius 2 is 1.79 bits per heavy atom. The number of carbonyl (C=O) groups excluding carboxylic acids is 3. The fourth-order valence-electron chi connectivity index (χ4n) is 2.51. The zero-order valence-corrected chi connectivity index (χ0v) is 17.2. The molecule has 1 amide bonds. The van der Waals surface area contributed by atoms with Gasteiger partial charge < -0.3 is 9.64 Å². The first-order valence-corrected chi connectivity index (χ1v) is 10.0. The van der Waals surface area contributed by atoms with Crippen LogP contribution in [0.25, 0.3) is 0 Å². The number of aryl methyl sites for hydroxylation is 1. The normalized spacial score (nSPS) is 10.1. The van der Waals surface area contributed by atoms with E-state index in [0.717, 1.165) is 5.56 Å². The van der Waals surface area contributed by atoms with Gasteiger partial charge in [-0.2, -0.15) is 5.26 Å². The van der Waals surface area contributed by atoms with Crippen LogP contribution in [0.15, 0.2) is 53.4 Å². The SMILES string of the molecule is CC(=O)CSc1ccccc1C(=O)OCC(=O)N(CCC#N)c1ccc(C)cc1. The van der Waals surface area contributed by atoms with Crippen LogP contribution in [0.5, 0.6) is 0 Å². The topological polar surface area (TPSA) is 87.5 Å². The van der Waals surface area contributed by atoms with E-state index in [9.17, 15) is 14.4 Å². The Bertz CT molecular complexity index is 919. The van der Waals surface area contributed by atoms with Gasteiger partial charge in [0.1, 0.15) is 5.78 Å². The molecule has 6 nitrogen and oxygen atoms in total. The summed E-state index contributed by atoms with van der Waals surface area (Å²) in [6.07, 6.45) is 0.165. The molecular weight excluding hydrogens is 388 g/mol. The summed E-state index contributed by atoms with van der Waals surface area (Å²) in [5.41, 5.74) is 2.00. The van der Waals surface area contributed by atoms with Crippen LogP contribution in [0.3, 0.4) is 0 Å². The number of benzene rings is 2. The Morgan fingerprint density at radius 1 is 1.10 bits per heavy atom. The van der Waals surface area contributed by atoms with Gasteiger partial charge in [-0.05, 0) is 38.1 Å². The Balaban J connectivity index is 2.07. The smallest absolute Gasteiger partial charge is 0.339 e. The summed E-state index contributed by atoms with van der Waals surface area (Å²) in [5, 5.41) is 8.88. The number of hydrogen-bond donors (Lipinski definition) is 0. The van der Waals surface area contributed by atoms with Crippen LogP contribution < -0.4 is 4.90 Å². The van der Waals surface area contributed by atoms with E-state index < -0.39 is 18.5 Å². The van der Waals surface area contributed by atoms with Crippen molar-refractivity contribution in [2.45, 2.75) is 25.2 Å².